The summed E-state index contributed by atoms with van der Waals surface area (Å²) in [5.41, 5.74) is 0. The molecule has 0 aliphatic carbocycles. The molecule has 0 unspecified atom stereocenters. The van der Waals surface area contributed by atoms with Gasteiger partial charge in [-0.2, -0.15) is 0 Å². The van der Waals surface area contributed by atoms with Crippen LogP contribution in [0, 0.1) is 0 Å². The van der Waals surface area contributed by atoms with Crippen LogP contribution in [-0.2, 0) is 38.8 Å². The average Bonchev–Trinajstić information content (AvgIpc) is 0. The second kappa shape index (κ2) is 16.6. The van der Waals surface area contributed by atoms with Crippen LogP contribution in [0.5, 0.6) is 0 Å². The molecular weight excluding hydrogens is 269 g/mol. The molecule has 18 valence electrons. The zero-order chi connectivity index (χ0) is 0. The molecule has 4 heteroatoms. The topological polar surface area (TPSA) is 0 Å². The maximum absolute atomic E-state index is 0. The van der Waals surface area contributed by atoms with Crippen LogP contribution in [0.2, 0.25) is 0 Å². The fourth-order valence-electron chi connectivity index (χ4n) is 0. The van der Waals surface area contributed by atoms with Gasteiger partial charge in [0.2, 0.25) is 0 Å². The normalized spacial score (nSPS) is 0. The fraction of sp³-hybridized carbons (Fsp3) is 0. The molecule has 0 saturated heterocycles. The molecule has 0 nitrogen and oxygen atoms in total. The molecule has 0 heterocycles. The van der Waals surface area contributed by atoms with E-state index in [1.807, 2.05) is 0 Å². The van der Waals surface area contributed by atoms with Crippen LogP contribution in [0.3, 0.4) is 0 Å². The summed E-state index contributed by atoms with van der Waals surface area (Å²) in [5.74, 6) is 0. The number of hydrogen-bond acceptors (Lipinski definition) is 0. The predicted octanol–water partition coefficient (Wildman–Crippen LogP) is -0.767. The van der Waals surface area contributed by atoms with Gasteiger partial charge in [0.15, 0.2) is 0 Å². The van der Waals surface area contributed by atoms with Crippen molar-refractivity contribution in [1.29, 1.82) is 0 Å². The molecule has 0 aliphatic rings. The Bertz CT molecular complexity index is 8.00. The smallest absolute Gasteiger partial charge is 0 e. The summed E-state index contributed by atoms with van der Waals surface area (Å²) in [6.45, 7) is 0. The van der Waals surface area contributed by atoms with Gasteiger partial charge in [0.1, 0.15) is 0 Å². The van der Waals surface area contributed by atoms with Crippen LogP contribution < -0.4 is 0 Å². The van der Waals surface area contributed by atoms with Crippen molar-refractivity contribution in [3.05, 3.63) is 0 Å². The van der Waals surface area contributed by atoms with E-state index in [-0.39, 0.29) is 98.6 Å². The molecule has 0 aromatic rings. The van der Waals surface area contributed by atoms with Crippen molar-refractivity contribution in [1.82, 2.24) is 0 Å². The van der Waals surface area contributed by atoms with Gasteiger partial charge in [-0.3, -0.25) is 0 Å². The molecule has 4 heavy (non-hydrogen) atoms. The van der Waals surface area contributed by atoms with E-state index in [0.717, 1.165) is 0 Å². The van der Waals surface area contributed by atoms with Crippen molar-refractivity contribution in [2.24, 2.45) is 0 Å². The largest absolute Gasteiger partial charge is 0 e. The Morgan fingerprint density at radius 3 is 1.00 bits per heavy atom. The minimum absolute atomic E-state index is 0. The monoisotopic (exact) mass is 270 g/mol. The molecular formula is BaFeSiTi. The summed E-state index contributed by atoms with van der Waals surface area (Å²) in [6.07, 6.45) is 0. The summed E-state index contributed by atoms with van der Waals surface area (Å²) in [6, 6.07) is 0. The fourth-order valence-corrected chi connectivity index (χ4v) is 0. The zero-order valence-corrected chi connectivity index (χ0v) is 10.2. The predicted molar refractivity (Wildman–Crippen MR) is 11.5 cm³/mol. The Kier molecular flexibility index (Phi) is 116. The third-order valence-corrected chi connectivity index (χ3v) is 0. The first kappa shape index (κ1) is 27.9. The first-order chi connectivity index (χ1) is 0. The molecule has 0 amide bonds. The first-order valence-electron chi connectivity index (χ1n) is 0. The minimum Gasteiger partial charge on any atom is 0 e. The Labute approximate surface area is 96.3 Å². The van der Waals surface area contributed by atoms with Gasteiger partial charge in [0, 0.05) is 98.6 Å². The van der Waals surface area contributed by atoms with Crippen molar-refractivity contribution < 1.29 is 38.8 Å². The maximum Gasteiger partial charge on any atom is 0 e. The van der Waals surface area contributed by atoms with E-state index in [4.69, 9.17) is 0 Å². The summed E-state index contributed by atoms with van der Waals surface area (Å²) in [4.78, 5) is 0. The van der Waals surface area contributed by atoms with Gasteiger partial charge in [-0.15, -0.1) is 0 Å². The van der Waals surface area contributed by atoms with Crippen molar-refractivity contribution >= 4 is 59.8 Å². The summed E-state index contributed by atoms with van der Waals surface area (Å²) in [5, 5.41) is 0. The first-order valence-corrected chi connectivity index (χ1v) is 0. The molecule has 0 aromatic heterocycles. The van der Waals surface area contributed by atoms with Crippen LogP contribution in [0.15, 0.2) is 0 Å². The Hall–Kier alpha value is 3.02. The second-order valence-corrected chi connectivity index (χ2v) is 0. The van der Waals surface area contributed by atoms with Gasteiger partial charge in [-0.1, -0.05) is 0 Å². The summed E-state index contributed by atoms with van der Waals surface area (Å²) in [7, 11) is 0. The van der Waals surface area contributed by atoms with Crippen molar-refractivity contribution in [2.75, 3.05) is 0 Å². The van der Waals surface area contributed by atoms with Gasteiger partial charge in [0.05, 0.1) is 0 Å². The minimum atomic E-state index is 0. The van der Waals surface area contributed by atoms with E-state index in [9.17, 15) is 0 Å². The third kappa shape index (κ3) is 8.90. The van der Waals surface area contributed by atoms with Gasteiger partial charge >= 0.3 is 0 Å². The van der Waals surface area contributed by atoms with Gasteiger partial charge in [0.25, 0.3) is 0 Å². The summed E-state index contributed by atoms with van der Waals surface area (Å²) >= 11 is 0. The van der Waals surface area contributed by atoms with Gasteiger partial charge < -0.3 is 0 Å². The van der Waals surface area contributed by atoms with Crippen LogP contribution in [-0.4, -0.2) is 59.8 Å². The molecule has 0 saturated carbocycles. The Morgan fingerprint density at radius 1 is 1.00 bits per heavy atom. The van der Waals surface area contributed by atoms with E-state index < -0.39 is 0 Å². The Balaban J connectivity index is 0. The number of hydrogen-bond donors (Lipinski definition) is 0. The molecule has 0 aliphatic heterocycles. The van der Waals surface area contributed by atoms with Crippen molar-refractivity contribution in [2.45, 2.75) is 0 Å². The van der Waals surface area contributed by atoms with Crippen molar-refractivity contribution in [3.8, 4) is 0 Å². The van der Waals surface area contributed by atoms with E-state index >= 15 is 0 Å². The third-order valence-electron chi connectivity index (χ3n) is 0. The van der Waals surface area contributed by atoms with Crippen molar-refractivity contribution in [3.63, 3.8) is 0 Å². The Morgan fingerprint density at radius 2 is 1.00 bits per heavy atom. The van der Waals surface area contributed by atoms with Crippen LogP contribution in [0.1, 0.15) is 0 Å². The molecule has 0 atom stereocenters. The summed E-state index contributed by atoms with van der Waals surface area (Å²) < 4.78 is 0. The zero-order valence-electron chi connectivity index (χ0n) is 2.06. The maximum atomic E-state index is 0. The molecule has 0 rings (SSSR count). The SMILES string of the molecule is [Ba].[Fe].[Si].[Ti]. The van der Waals surface area contributed by atoms with Gasteiger partial charge in [-0.25, -0.2) is 0 Å². The van der Waals surface area contributed by atoms with Crippen LogP contribution in [0.4, 0.5) is 0 Å². The second-order valence-electron chi connectivity index (χ2n) is 0. The van der Waals surface area contributed by atoms with E-state index in [1.54, 1.807) is 0 Å². The molecule has 0 spiro atoms. The molecule has 0 fully saturated rings. The molecule has 0 aromatic carbocycles. The van der Waals surface area contributed by atoms with Crippen LogP contribution in [0.25, 0.3) is 0 Å². The molecule has 0 bridgehead atoms. The standard InChI is InChI=1S/Ba.Fe.Si.Ti. The number of rotatable bonds is 0. The average molecular weight is 269 g/mol. The van der Waals surface area contributed by atoms with Crippen LogP contribution >= 0.6 is 0 Å². The van der Waals surface area contributed by atoms with E-state index in [1.165, 1.54) is 0 Å². The van der Waals surface area contributed by atoms with E-state index in [2.05, 4.69) is 0 Å². The van der Waals surface area contributed by atoms with E-state index in [0.29, 0.717) is 0 Å². The molecule has 0 N–H and O–H groups in total. The molecule has 6 radical (unpaired) electrons. The quantitative estimate of drug-likeness (QED) is 0.507. The van der Waals surface area contributed by atoms with Gasteiger partial charge in [-0.05, 0) is 0 Å².